The molecule has 2 unspecified atom stereocenters. The summed E-state index contributed by atoms with van der Waals surface area (Å²) in [6.45, 7) is 4.39. The fourth-order valence-corrected chi connectivity index (χ4v) is 4.84. The largest absolute Gasteiger partial charge is 0.424 e. The van der Waals surface area contributed by atoms with Gasteiger partial charge in [-0.3, -0.25) is 9.59 Å². The molecule has 1 aliphatic rings. The Balaban J connectivity index is 1.33. The standard InChI is InChI=1S/C28H30F2N6O3/c1-16-7-5-6-12-36(16)25(37)14-22(35-28-34-21-8-3-4-9-24(21)39-28)27(38)32-17(2)26-31-15-23(33-26)19-11-10-18(29)13-20(19)30/h3-4,8-11,13,15-17,22H,5-7,12,14H2,1-2H3,(H,31,33)(H,32,38)(H,34,35)/t16?,17-,22?/m0/s1. The Morgan fingerprint density at radius 3 is 2.79 bits per heavy atom. The lowest BCUT2D eigenvalue weighted by Crippen LogP contribution is -2.47. The Kier molecular flexibility index (Phi) is 7.58. The second kappa shape index (κ2) is 11.2. The van der Waals surface area contributed by atoms with Crippen molar-refractivity contribution >= 4 is 28.9 Å². The van der Waals surface area contributed by atoms with E-state index in [1.54, 1.807) is 19.1 Å². The van der Waals surface area contributed by atoms with Crippen LogP contribution < -0.4 is 10.6 Å². The summed E-state index contributed by atoms with van der Waals surface area (Å²) in [7, 11) is 0. The summed E-state index contributed by atoms with van der Waals surface area (Å²) in [5.41, 5.74) is 1.68. The van der Waals surface area contributed by atoms with Crippen molar-refractivity contribution in [3.05, 3.63) is 66.1 Å². The number of nitrogens with zero attached hydrogens (tertiary/aromatic N) is 3. The zero-order chi connectivity index (χ0) is 27.5. The first-order chi connectivity index (χ1) is 18.8. The second-order valence-electron chi connectivity index (χ2n) is 9.86. The summed E-state index contributed by atoms with van der Waals surface area (Å²) in [5.74, 6) is -1.62. The minimum absolute atomic E-state index is 0.0915. The third-order valence-electron chi connectivity index (χ3n) is 7.00. The Labute approximate surface area is 224 Å². The molecule has 1 fully saturated rings. The van der Waals surface area contributed by atoms with Crippen LogP contribution >= 0.6 is 0 Å². The maximum atomic E-state index is 14.2. The number of carbonyl (C=O) groups is 2. The van der Waals surface area contributed by atoms with Gasteiger partial charge in [0.2, 0.25) is 11.8 Å². The summed E-state index contributed by atoms with van der Waals surface area (Å²) in [5, 5.41) is 5.87. The van der Waals surface area contributed by atoms with Crippen LogP contribution in [-0.2, 0) is 9.59 Å². The van der Waals surface area contributed by atoms with Crippen molar-refractivity contribution in [1.29, 1.82) is 0 Å². The quantitative estimate of drug-likeness (QED) is 0.294. The SMILES string of the molecule is CC1CCCCN1C(=O)CC(Nc1nc2ccccc2o1)C(=O)N[C@@H](C)c1ncc(-c2ccc(F)cc2F)[nH]1. The first-order valence-corrected chi connectivity index (χ1v) is 13.0. The number of para-hydroxylation sites is 2. The number of hydrogen-bond acceptors (Lipinski definition) is 6. The number of H-pyrrole nitrogens is 1. The molecule has 3 heterocycles. The number of carbonyl (C=O) groups excluding carboxylic acids is 2. The number of aromatic amines is 1. The van der Waals surface area contributed by atoms with Crippen LogP contribution in [0.25, 0.3) is 22.4 Å². The molecular weight excluding hydrogens is 506 g/mol. The Morgan fingerprint density at radius 2 is 2.03 bits per heavy atom. The highest BCUT2D eigenvalue weighted by atomic mass is 19.1. The highest BCUT2D eigenvalue weighted by Gasteiger charge is 2.30. The molecule has 1 aliphatic heterocycles. The van der Waals surface area contributed by atoms with Crippen LogP contribution in [0.2, 0.25) is 0 Å². The number of fused-ring (bicyclic) bond motifs is 1. The highest BCUT2D eigenvalue weighted by molar-refractivity contribution is 5.90. The minimum atomic E-state index is -0.967. The van der Waals surface area contributed by atoms with E-state index in [4.69, 9.17) is 4.42 Å². The predicted octanol–water partition coefficient (Wildman–Crippen LogP) is 4.95. The number of aromatic nitrogens is 3. The normalized spacial score (nSPS) is 17.1. The maximum absolute atomic E-state index is 14.2. The molecule has 0 spiro atoms. The number of nitrogens with one attached hydrogen (secondary N) is 3. The number of benzene rings is 2. The van der Waals surface area contributed by atoms with Crippen LogP contribution in [0.4, 0.5) is 14.8 Å². The first-order valence-electron chi connectivity index (χ1n) is 13.0. The fourth-order valence-electron chi connectivity index (χ4n) is 4.84. The van der Waals surface area contributed by atoms with Gasteiger partial charge >= 0.3 is 0 Å². The smallest absolute Gasteiger partial charge is 0.296 e. The summed E-state index contributed by atoms with van der Waals surface area (Å²) >= 11 is 0. The molecule has 0 aliphatic carbocycles. The van der Waals surface area contributed by atoms with E-state index in [9.17, 15) is 18.4 Å². The van der Waals surface area contributed by atoms with Gasteiger partial charge in [-0.15, -0.1) is 0 Å². The molecule has 0 bridgehead atoms. The van der Waals surface area contributed by atoms with Crippen molar-refractivity contribution in [2.24, 2.45) is 0 Å². The lowest BCUT2D eigenvalue weighted by molar-refractivity contribution is -0.137. The molecule has 204 valence electrons. The lowest BCUT2D eigenvalue weighted by Gasteiger charge is -2.34. The summed E-state index contributed by atoms with van der Waals surface area (Å²) < 4.78 is 33.3. The number of anilines is 1. The molecule has 2 amide bonds. The van der Waals surface area contributed by atoms with Crippen LogP contribution in [0.1, 0.15) is 51.4 Å². The van der Waals surface area contributed by atoms with Crippen LogP contribution in [0.5, 0.6) is 0 Å². The molecular formula is C28H30F2N6O3. The van der Waals surface area contributed by atoms with Crippen molar-refractivity contribution in [1.82, 2.24) is 25.2 Å². The molecule has 0 saturated carbocycles. The zero-order valence-corrected chi connectivity index (χ0v) is 21.7. The molecule has 2 aromatic carbocycles. The van der Waals surface area contributed by atoms with Crippen LogP contribution in [0, 0.1) is 11.6 Å². The van der Waals surface area contributed by atoms with Crippen LogP contribution in [-0.4, -0.2) is 50.3 Å². The highest BCUT2D eigenvalue weighted by Crippen LogP contribution is 2.24. The topological polar surface area (TPSA) is 116 Å². The van der Waals surface area contributed by atoms with Gasteiger partial charge in [0.1, 0.15) is 29.0 Å². The van der Waals surface area contributed by atoms with Gasteiger partial charge < -0.3 is 24.9 Å². The van der Waals surface area contributed by atoms with Gasteiger partial charge in [0.25, 0.3) is 6.01 Å². The number of hydrogen-bond donors (Lipinski definition) is 3. The molecule has 2 aromatic heterocycles. The van der Waals surface area contributed by atoms with Crippen LogP contribution in [0.3, 0.4) is 0 Å². The van der Waals surface area contributed by atoms with Crippen molar-refractivity contribution in [2.45, 2.75) is 57.7 Å². The van der Waals surface area contributed by atoms with E-state index in [2.05, 4.69) is 25.6 Å². The first kappa shape index (κ1) is 26.3. The second-order valence-corrected chi connectivity index (χ2v) is 9.86. The van der Waals surface area contributed by atoms with E-state index < -0.39 is 29.6 Å². The van der Waals surface area contributed by atoms with Gasteiger partial charge in [-0.25, -0.2) is 13.8 Å². The van der Waals surface area contributed by atoms with Gasteiger partial charge in [-0.2, -0.15) is 4.98 Å². The van der Waals surface area contributed by atoms with Gasteiger partial charge in [0.15, 0.2) is 5.58 Å². The number of halogens is 2. The third kappa shape index (κ3) is 5.92. The summed E-state index contributed by atoms with van der Waals surface area (Å²) in [6.07, 6.45) is 4.25. The molecule has 3 N–H and O–H groups in total. The van der Waals surface area contributed by atoms with Crippen molar-refractivity contribution in [2.75, 3.05) is 11.9 Å². The maximum Gasteiger partial charge on any atom is 0.296 e. The van der Waals surface area contributed by atoms with Crippen molar-refractivity contribution < 1.29 is 22.8 Å². The minimum Gasteiger partial charge on any atom is -0.424 e. The molecule has 11 heteroatoms. The summed E-state index contributed by atoms with van der Waals surface area (Å²) in [4.78, 5) is 40.2. The lowest BCUT2D eigenvalue weighted by atomic mass is 10.0. The average molecular weight is 537 g/mol. The van der Waals surface area contributed by atoms with Crippen molar-refractivity contribution in [3.8, 4) is 11.3 Å². The van der Waals surface area contributed by atoms with E-state index in [-0.39, 0.29) is 29.9 Å². The van der Waals surface area contributed by atoms with Gasteiger partial charge in [0.05, 0.1) is 24.4 Å². The molecule has 0 radical (unpaired) electrons. The van der Waals surface area contributed by atoms with E-state index in [1.807, 2.05) is 24.0 Å². The van der Waals surface area contributed by atoms with E-state index >= 15 is 0 Å². The number of imidazole rings is 1. The van der Waals surface area contributed by atoms with E-state index in [0.717, 1.165) is 31.4 Å². The molecule has 1 saturated heterocycles. The Morgan fingerprint density at radius 1 is 1.21 bits per heavy atom. The predicted molar refractivity (Wildman–Crippen MR) is 142 cm³/mol. The Hall–Kier alpha value is -4.28. The molecule has 9 nitrogen and oxygen atoms in total. The van der Waals surface area contributed by atoms with E-state index in [1.165, 1.54) is 12.3 Å². The third-order valence-corrected chi connectivity index (χ3v) is 7.00. The molecule has 5 rings (SSSR count). The molecule has 4 aromatic rings. The molecule has 3 atom stereocenters. The van der Waals surface area contributed by atoms with Crippen molar-refractivity contribution in [3.63, 3.8) is 0 Å². The average Bonchev–Trinajstić information content (AvgIpc) is 3.55. The van der Waals surface area contributed by atoms with Crippen LogP contribution in [0.15, 0.2) is 53.1 Å². The number of piperidine rings is 1. The molecule has 39 heavy (non-hydrogen) atoms. The van der Waals surface area contributed by atoms with Gasteiger partial charge in [-0.05, 0) is 57.4 Å². The Bertz CT molecular complexity index is 1450. The summed E-state index contributed by atoms with van der Waals surface area (Å²) in [6, 6.07) is 9.15. The number of amides is 2. The number of likely N-dealkylation sites (tertiary alicyclic amines) is 1. The number of oxazole rings is 1. The monoisotopic (exact) mass is 536 g/mol. The van der Waals surface area contributed by atoms with Gasteiger partial charge in [-0.1, -0.05) is 12.1 Å². The number of rotatable bonds is 8. The zero-order valence-electron chi connectivity index (χ0n) is 21.7. The van der Waals surface area contributed by atoms with E-state index in [0.29, 0.717) is 29.2 Å². The fraction of sp³-hybridized carbons (Fsp3) is 0.357. The van der Waals surface area contributed by atoms with Gasteiger partial charge in [0, 0.05) is 24.2 Å².